The van der Waals surface area contributed by atoms with Crippen molar-refractivity contribution in [2.24, 2.45) is 5.92 Å². The second-order valence-electron chi connectivity index (χ2n) is 5.10. The molecule has 0 spiro atoms. The van der Waals surface area contributed by atoms with Gasteiger partial charge in [-0.25, -0.2) is 0 Å². The van der Waals surface area contributed by atoms with E-state index in [0.717, 1.165) is 45.8 Å². The molecule has 0 aromatic carbocycles. The fourth-order valence-corrected chi connectivity index (χ4v) is 2.79. The molecule has 0 unspecified atom stereocenters. The van der Waals surface area contributed by atoms with Crippen molar-refractivity contribution >= 4 is 5.91 Å². The summed E-state index contributed by atoms with van der Waals surface area (Å²) in [5.41, 5.74) is 0. The third-order valence-electron chi connectivity index (χ3n) is 3.65. The van der Waals surface area contributed by atoms with Gasteiger partial charge in [-0.2, -0.15) is 0 Å². The molecule has 2 atom stereocenters. The molecule has 17 heavy (non-hydrogen) atoms. The fraction of sp³-hybridized carbons (Fsp3) is 0.769. The Morgan fingerprint density at radius 1 is 1.47 bits per heavy atom. The Bertz CT molecular complexity index is 287. The third kappa shape index (κ3) is 3.07. The van der Waals surface area contributed by atoms with E-state index in [4.69, 9.17) is 4.74 Å². The molecule has 0 radical (unpaired) electrons. The van der Waals surface area contributed by atoms with Gasteiger partial charge in [-0.3, -0.25) is 9.69 Å². The average molecular weight is 238 g/mol. The van der Waals surface area contributed by atoms with Crippen LogP contribution in [0.3, 0.4) is 0 Å². The normalized spacial score (nSPS) is 30.5. The van der Waals surface area contributed by atoms with Gasteiger partial charge in [0.25, 0.3) is 0 Å². The fourth-order valence-electron chi connectivity index (χ4n) is 2.79. The predicted octanol–water partition coefficient (Wildman–Crippen LogP) is 0.742. The molecule has 1 amide bonds. The zero-order chi connectivity index (χ0) is 12.3. The van der Waals surface area contributed by atoms with E-state index in [2.05, 4.69) is 18.4 Å². The van der Waals surface area contributed by atoms with E-state index in [1.165, 1.54) is 6.08 Å². The number of rotatable bonds is 3. The molecule has 2 fully saturated rings. The van der Waals surface area contributed by atoms with Crippen LogP contribution in [0.2, 0.25) is 0 Å². The van der Waals surface area contributed by atoms with Crippen LogP contribution >= 0.6 is 0 Å². The molecule has 0 aromatic rings. The maximum atomic E-state index is 11.8. The van der Waals surface area contributed by atoms with E-state index in [-0.39, 0.29) is 5.91 Å². The highest BCUT2D eigenvalue weighted by Gasteiger charge is 2.33. The van der Waals surface area contributed by atoms with E-state index < -0.39 is 0 Å². The molecular formula is C13H22N2O2. The Morgan fingerprint density at radius 3 is 2.82 bits per heavy atom. The summed E-state index contributed by atoms with van der Waals surface area (Å²) in [5, 5.41) is 0. The maximum Gasteiger partial charge on any atom is 0.246 e. The van der Waals surface area contributed by atoms with Crippen molar-refractivity contribution in [2.45, 2.75) is 19.4 Å². The Kier molecular flexibility index (Phi) is 4.18. The molecule has 2 heterocycles. The quantitative estimate of drug-likeness (QED) is 0.680. The SMILES string of the molecule is C=CC(=O)N1C[C@@H](C)C[C@@H]1CN1CCOCC1. The second-order valence-corrected chi connectivity index (χ2v) is 5.10. The minimum Gasteiger partial charge on any atom is -0.379 e. The molecule has 2 saturated heterocycles. The molecule has 0 N–H and O–H groups in total. The van der Waals surface area contributed by atoms with Crippen LogP contribution in [0.5, 0.6) is 0 Å². The van der Waals surface area contributed by atoms with Gasteiger partial charge in [-0.1, -0.05) is 13.5 Å². The number of nitrogens with zero attached hydrogens (tertiary/aromatic N) is 2. The second kappa shape index (κ2) is 5.65. The van der Waals surface area contributed by atoms with E-state index in [9.17, 15) is 4.79 Å². The topological polar surface area (TPSA) is 32.8 Å². The van der Waals surface area contributed by atoms with Crippen molar-refractivity contribution in [2.75, 3.05) is 39.4 Å². The average Bonchev–Trinajstić information content (AvgIpc) is 2.70. The summed E-state index contributed by atoms with van der Waals surface area (Å²) in [5.74, 6) is 0.678. The number of morpholine rings is 1. The predicted molar refractivity (Wildman–Crippen MR) is 66.7 cm³/mol. The minimum atomic E-state index is 0.0765. The van der Waals surface area contributed by atoms with Gasteiger partial charge in [-0.05, 0) is 18.4 Å². The Labute approximate surface area is 103 Å². The zero-order valence-electron chi connectivity index (χ0n) is 10.6. The van der Waals surface area contributed by atoms with Crippen molar-refractivity contribution in [3.8, 4) is 0 Å². The van der Waals surface area contributed by atoms with Gasteiger partial charge in [-0.15, -0.1) is 0 Å². The van der Waals surface area contributed by atoms with Gasteiger partial charge in [0.05, 0.1) is 13.2 Å². The molecule has 96 valence electrons. The number of ether oxygens (including phenoxy) is 1. The van der Waals surface area contributed by atoms with E-state index in [0.29, 0.717) is 12.0 Å². The van der Waals surface area contributed by atoms with Crippen molar-refractivity contribution in [1.82, 2.24) is 9.80 Å². The largest absolute Gasteiger partial charge is 0.379 e. The van der Waals surface area contributed by atoms with Crippen molar-refractivity contribution < 1.29 is 9.53 Å². The molecule has 0 saturated carbocycles. The monoisotopic (exact) mass is 238 g/mol. The standard InChI is InChI=1S/C13H22N2O2/c1-3-13(16)15-9-11(2)8-12(15)10-14-4-6-17-7-5-14/h3,11-12H,1,4-10H2,2H3/t11-,12+/m0/s1. The maximum absolute atomic E-state index is 11.8. The van der Waals surface area contributed by atoms with E-state index in [1.807, 2.05) is 4.90 Å². The summed E-state index contributed by atoms with van der Waals surface area (Å²) in [7, 11) is 0. The minimum absolute atomic E-state index is 0.0765. The summed E-state index contributed by atoms with van der Waals surface area (Å²) in [6.45, 7) is 11.3. The Hall–Kier alpha value is -0.870. The summed E-state index contributed by atoms with van der Waals surface area (Å²) >= 11 is 0. The van der Waals surface area contributed by atoms with Gasteiger partial charge in [0.1, 0.15) is 0 Å². The number of carbonyl (C=O) groups excluding carboxylic acids is 1. The van der Waals surface area contributed by atoms with Crippen molar-refractivity contribution in [1.29, 1.82) is 0 Å². The lowest BCUT2D eigenvalue weighted by Gasteiger charge is -2.32. The summed E-state index contributed by atoms with van der Waals surface area (Å²) in [4.78, 5) is 16.2. The van der Waals surface area contributed by atoms with Gasteiger partial charge >= 0.3 is 0 Å². The van der Waals surface area contributed by atoms with Crippen LogP contribution in [0.25, 0.3) is 0 Å². The van der Waals surface area contributed by atoms with Crippen LogP contribution in [0.4, 0.5) is 0 Å². The molecule has 4 heteroatoms. The lowest BCUT2D eigenvalue weighted by atomic mass is 10.1. The molecule has 4 nitrogen and oxygen atoms in total. The van der Waals surface area contributed by atoms with Crippen LogP contribution < -0.4 is 0 Å². The molecule has 0 aromatic heterocycles. The first-order valence-corrected chi connectivity index (χ1v) is 6.44. The highest BCUT2D eigenvalue weighted by atomic mass is 16.5. The number of likely N-dealkylation sites (tertiary alicyclic amines) is 1. The smallest absolute Gasteiger partial charge is 0.246 e. The third-order valence-corrected chi connectivity index (χ3v) is 3.65. The highest BCUT2D eigenvalue weighted by Crippen LogP contribution is 2.24. The lowest BCUT2D eigenvalue weighted by Crippen LogP contribution is -2.46. The van der Waals surface area contributed by atoms with E-state index in [1.54, 1.807) is 0 Å². The van der Waals surface area contributed by atoms with Crippen molar-refractivity contribution in [3.63, 3.8) is 0 Å². The van der Waals surface area contributed by atoms with E-state index >= 15 is 0 Å². The van der Waals surface area contributed by atoms with Crippen LogP contribution in [-0.2, 0) is 9.53 Å². The lowest BCUT2D eigenvalue weighted by molar-refractivity contribution is -0.127. The van der Waals surface area contributed by atoms with Crippen LogP contribution in [-0.4, -0.2) is 61.1 Å². The van der Waals surface area contributed by atoms with Crippen LogP contribution in [0.1, 0.15) is 13.3 Å². The summed E-state index contributed by atoms with van der Waals surface area (Å²) in [6, 6.07) is 0.355. The first-order valence-electron chi connectivity index (χ1n) is 6.44. The Balaban J connectivity index is 1.92. The zero-order valence-corrected chi connectivity index (χ0v) is 10.6. The Morgan fingerprint density at radius 2 is 2.18 bits per heavy atom. The van der Waals surface area contributed by atoms with Crippen molar-refractivity contribution in [3.05, 3.63) is 12.7 Å². The highest BCUT2D eigenvalue weighted by molar-refractivity contribution is 5.87. The van der Waals surface area contributed by atoms with Crippen LogP contribution in [0, 0.1) is 5.92 Å². The molecule has 2 aliphatic heterocycles. The molecular weight excluding hydrogens is 216 g/mol. The summed E-state index contributed by atoms with van der Waals surface area (Å²) in [6.07, 6.45) is 2.54. The number of carbonyl (C=O) groups is 1. The van der Waals surface area contributed by atoms with Gasteiger partial charge < -0.3 is 9.64 Å². The summed E-state index contributed by atoms with van der Waals surface area (Å²) < 4.78 is 5.34. The first-order chi connectivity index (χ1) is 8.20. The van der Waals surface area contributed by atoms with Gasteiger partial charge in [0.2, 0.25) is 5.91 Å². The first kappa shape index (κ1) is 12.6. The van der Waals surface area contributed by atoms with Crippen LogP contribution in [0.15, 0.2) is 12.7 Å². The number of amides is 1. The number of hydrogen-bond donors (Lipinski definition) is 0. The molecule has 2 rings (SSSR count). The molecule has 0 bridgehead atoms. The van der Waals surface area contributed by atoms with Gasteiger partial charge in [0, 0.05) is 32.2 Å². The number of hydrogen-bond acceptors (Lipinski definition) is 3. The molecule has 2 aliphatic rings. The van der Waals surface area contributed by atoms with Gasteiger partial charge in [0.15, 0.2) is 0 Å². The molecule has 0 aliphatic carbocycles.